The Morgan fingerprint density at radius 2 is 1.70 bits per heavy atom. The summed E-state index contributed by atoms with van der Waals surface area (Å²) < 4.78 is 62.4. The maximum atomic E-state index is 13.0. The van der Waals surface area contributed by atoms with Gasteiger partial charge in [0.05, 0.1) is 4.92 Å². The van der Waals surface area contributed by atoms with Crippen LogP contribution >= 0.6 is 0 Å². The van der Waals surface area contributed by atoms with Crippen molar-refractivity contribution in [2.75, 3.05) is 0 Å². The van der Waals surface area contributed by atoms with Gasteiger partial charge < -0.3 is 15.9 Å². The van der Waals surface area contributed by atoms with Crippen molar-refractivity contribution in [2.45, 2.75) is 18.1 Å². The third kappa shape index (κ3) is 2.57. The lowest BCUT2D eigenvalue weighted by atomic mass is 9.99. The number of hydrogen-bond donors (Lipinski definition) is 3. The van der Waals surface area contributed by atoms with Gasteiger partial charge >= 0.3 is 17.8 Å². The minimum Gasteiger partial charge on any atom is -0.504 e. The van der Waals surface area contributed by atoms with Gasteiger partial charge in [-0.25, -0.2) is 0 Å². The highest BCUT2D eigenvalue weighted by Gasteiger charge is 2.61. The van der Waals surface area contributed by atoms with Crippen LogP contribution in [0.1, 0.15) is 11.6 Å². The number of nitrogens with zero attached hydrogens (tertiary/aromatic N) is 1. The maximum Gasteiger partial charge on any atom is 0.455 e. The molecule has 20 heavy (non-hydrogen) atoms. The van der Waals surface area contributed by atoms with Crippen LogP contribution in [-0.2, 0) is 0 Å². The minimum atomic E-state index is -5.98. The topological polar surface area (TPSA) is 110 Å². The SMILES string of the molecule is N[C@@H](c1cc(O)c(O)c([N+](=O)[O-])c1)C(F)(F)C(F)(F)F. The molecule has 4 N–H and O–H groups in total. The van der Waals surface area contributed by atoms with Gasteiger partial charge in [-0.15, -0.1) is 0 Å². The summed E-state index contributed by atoms with van der Waals surface area (Å²) >= 11 is 0. The second kappa shape index (κ2) is 4.74. The van der Waals surface area contributed by atoms with Gasteiger partial charge in [0.25, 0.3) is 0 Å². The molecule has 0 aliphatic heterocycles. The number of phenols is 2. The molecule has 0 aromatic heterocycles. The fourth-order valence-corrected chi connectivity index (χ4v) is 1.33. The molecule has 6 nitrogen and oxygen atoms in total. The fourth-order valence-electron chi connectivity index (χ4n) is 1.33. The predicted molar refractivity (Wildman–Crippen MR) is 54.4 cm³/mol. The molecule has 1 aromatic rings. The summed E-state index contributed by atoms with van der Waals surface area (Å²) in [6.07, 6.45) is -5.98. The molecule has 1 atom stereocenters. The summed E-state index contributed by atoms with van der Waals surface area (Å²) in [5.41, 5.74) is 2.47. The molecule has 0 aliphatic carbocycles. The molecule has 11 heteroatoms. The number of nitro benzene ring substituents is 1. The first-order valence-corrected chi connectivity index (χ1v) is 4.80. The van der Waals surface area contributed by atoms with E-state index in [0.717, 1.165) is 0 Å². The highest BCUT2D eigenvalue weighted by atomic mass is 19.4. The third-order valence-corrected chi connectivity index (χ3v) is 2.42. The van der Waals surface area contributed by atoms with Crippen LogP contribution in [0.4, 0.5) is 27.6 Å². The lowest BCUT2D eigenvalue weighted by Crippen LogP contribution is -2.45. The molecule has 0 aliphatic rings. The summed E-state index contributed by atoms with van der Waals surface area (Å²) in [4.78, 5) is 9.21. The average Bonchev–Trinajstić information content (AvgIpc) is 2.29. The molecule has 0 fully saturated rings. The Bertz CT molecular complexity index is 546. The van der Waals surface area contributed by atoms with E-state index >= 15 is 0 Å². The second-order valence-electron chi connectivity index (χ2n) is 3.76. The van der Waals surface area contributed by atoms with Crippen molar-refractivity contribution in [3.8, 4) is 11.5 Å². The van der Waals surface area contributed by atoms with Crippen molar-refractivity contribution in [1.29, 1.82) is 0 Å². The number of phenolic OH excluding ortho intramolecular Hbond substituents is 2. The average molecular weight is 302 g/mol. The Morgan fingerprint density at radius 3 is 2.10 bits per heavy atom. The van der Waals surface area contributed by atoms with Crippen molar-refractivity contribution in [3.05, 3.63) is 27.8 Å². The Kier molecular flexibility index (Phi) is 3.76. The molecular weight excluding hydrogens is 295 g/mol. The summed E-state index contributed by atoms with van der Waals surface area (Å²) in [6, 6.07) is -2.45. The van der Waals surface area contributed by atoms with E-state index in [1.54, 1.807) is 0 Å². The number of hydrogen-bond acceptors (Lipinski definition) is 5. The molecule has 0 heterocycles. The van der Waals surface area contributed by atoms with Crippen LogP contribution in [0.15, 0.2) is 12.1 Å². The zero-order chi connectivity index (χ0) is 15.9. The quantitative estimate of drug-likeness (QED) is 0.343. The first-order chi connectivity index (χ1) is 8.89. The molecule has 0 saturated carbocycles. The lowest BCUT2D eigenvalue weighted by molar-refractivity contribution is -0.386. The minimum absolute atomic E-state index is 0.235. The van der Waals surface area contributed by atoms with E-state index in [0.29, 0.717) is 6.07 Å². The number of nitrogens with two attached hydrogens (primary N) is 1. The Hall–Kier alpha value is -2.17. The molecule has 1 rings (SSSR count). The predicted octanol–water partition coefficient (Wildman–Crippen LogP) is 2.20. The summed E-state index contributed by atoms with van der Waals surface area (Å²) in [5, 5.41) is 28.7. The maximum absolute atomic E-state index is 13.0. The van der Waals surface area contributed by atoms with Crippen LogP contribution in [0.2, 0.25) is 0 Å². The number of aromatic hydroxyl groups is 2. The van der Waals surface area contributed by atoms with Gasteiger partial charge in [-0.05, 0) is 11.6 Å². The normalized spacial score (nSPS) is 14.1. The Labute approximate surface area is 107 Å². The standard InChI is InChI=1S/C9H7F5N2O4/c10-8(11,9(12,13)14)7(15)3-1-4(16(19)20)6(18)5(17)2-3/h1-2,7,17-18H,15H2/t7-/m0/s1. The van der Waals surface area contributed by atoms with E-state index in [1.807, 2.05) is 0 Å². The van der Waals surface area contributed by atoms with Crippen molar-refractivity contribution in [2.24, 2.45) is 5.73 Å². The highest BCUT2D eigenvalue weighted by molar-refractivity contribution is 5.57. The number of halogens is 5. The molecular formula is C9H7F5N2O4. The summed E-state index contributed by atoms with van der Waals surface area (Å²) in [7, 11) is 0. The molecule has 0 spiro atoms. The van der Waals surface area contributed by atoms with Crippen molar-refractivity contribution in [3.63, 3.8) is 0 Å². The van der Waals surface area contributed by atoms with Gasteiger partial charge in [0, 0.05) is 6.07 Å². The van der Waals surface area contributed by atoms with E-state index in [9.17, 15) is 32.1 Å². The van der Waals surface area contributed by atoms with E-state index in [-0.39, 0.29) is 6.07 Å². The highest BCUT2D eigenvalue weighted by Crippen LogP contribution is 2.46. The van der Waals surface area contributed by atoms with Gasteiger partial charge in [-0.2, -0.15) is 22.0 Å². The molecule has 0 bridgehead atoms. The molecule has 0 unspecified atom stereocenters. The zero-order valence-corrected chi connectivity index (χ0v) is 9.36. The van der Waals surface area contributed by atoms with E-state index < -0.39 is 45.8 Å². The van der Waals surface area contributed by atoms with E-state index in [2.05, 4.69) is 0 Å². The smallest absolute Gasteiger partial charge is 0.455 e. The van der Waals surface area contributed by atoms with E-state index in [4.69, 9.17) is 15.9 Å². The van der Waals surface area contributed by atoms with Crippen LogP contribution in [0.3, 0.4) is 0 Å². The summed E-state index contributed by atoms with van der Waals surface area (Å²) in [6.45, 7) is 0. The van der Waals surface area contributed by atoms with Crippen molar-refractivity contribution < 1.29 is 37.1 Å². The van der Waals surface area contributed by atoms with Gasteiger partial charge in [0.1, 0.15) is 6.04 Å². The molecule has 0 saturated heterocycles. The van der Waals surface area contributed by atoms with Crippen LogP contribution in [0.25, 0.3) is 0 Å². The third-order valence-electron chi connectivity index (χ3n) is 2.42. The lowest BCUT2D eigenvalue weighted by Gasteiger charge is -2.25. The number of alkyl halides is 5. The number of rotatable bonds is 3. The largest absolute Gasteiger partial charge is 0.504 e. The van der Waals surface area contributed by atoms with Gasteiger partial charge in [-0.3, -0.25) is 10.1 Å². The second-order valence-corrected chi connectivity index (χ2v) is 3.76. The van der Waals surface area contributed by atoms with Crippen LogP contribution in [0, 0.1) is 10.1 Å². The van der Waals surface area contributed by atoms with E-state index in [1.165, 1.54) is 0 Å². The van der Waals surface area contributed by atoms with Crippen molar-refractivity contribution in [1.82, 2.24) is 0 Å². The van der Waals surface area contributed by atoms with Crippen LogP contribution in [0.5, 0.6) is 11.5 Å². The van der Waals surface area contributed by atoms with Gasteiger partial charge in [-0.1, -0.05) is 0 Å². The Morgan fingerprint density at radius 1 is 1.20 bits per heavy atom. The molecule has 0 radical (unpaired) electrons. The zero-order valence-electron chi connectivity index (χ0n) is 9.36. The number of nitro groups is 1. The molecule has 1 aromatic carbocycles. The summed E-state index contributed by atoms with van der Waals surface area (Å²) in [5.74, 6) is -7.87. The molecule has 112 valence electrons. The van der Waals surface area contributed by atoms with Crippen LogP contribution in [-0.4, -0.2) is 27.2 Å². The first kappa shape index (κ1) is 15.9. The monoisotopic (exact) mass is 302 g/mol. The molecule has 0 amide bonds. The van der Waals surface area contributed by atoms with Crippen LogP contribution < -0.4 is 5.73 Å². The number of benzene rings is 1. The Balaban J connectivity index is 3.38. The van der Waals surface area contributed by atoms with Crippen molar-refractivity contribution >= 4 is 5.69 Å². The first-order valence-electron chi connectivity index (χ1n) is 4.80. The fraction of sp³-hybridized carbons (Fsp3) is 0.333. The van der Waals surface area contributed by atoms with Gasteiger partial charge in [0.2, 0.25) is 5.75 Å². The van der Waals surface area contributed by atoms with Gasteiger partial charge in [0.15, 0.2) is 5.75 Å².